The molecule has 0 spiro atoms. The van der Waals surface area contributed by atoms with Gasteiger partial charge in [-0.1, -0.05) is 0 Å². The number of hydrogen-bond acceptors (Lipinski definition) is 4. The second-order valence-corrected chi connectivity index (χ2v) is 3.89. The summed E-state index contributed by atoms with van der Waals surface area (Å²) in [5.41, 5.74) is 1.75. The molecule has 2 aromatic rings. The molecule has 0 aliphatic heterocycles. The molecule has 0 fully saturated rings. The van der Waals surface area contributed by atoms with Gasteiger partial charge in [0.2, 0.25) is 0 Å². The molecule has 0 aliphatic rings. The Bertz CT molecular complexity index is 545. The van der Waals surface area contributed by atoms with E-state index in [9.17, 15) is 0 Å². The van der Waals surface area contributed by atoms with E-state index in [1.807, 2.05) is 30.9 Å². The van der Waals surface area contributed by atoms with E-state index < -0.39 is 0 Å². The second-order valence-electron chi connectivity index (χ2n) is 3.89. The predicted octanol–water partition coefficient (Wildman–Crippen LogP) is 0.315. The Morgan fingerprint density at radius 1 is 1.41 bits per heavy atom. The third kappa shape index (κ3) is 2.71. The van der Waals surface area contributed by atoms with E-state index >= 15 is 0 Å². The standard InChI is InChI=1S/C11H14N6/c1-16-7-9(3-10(16)4-12)5-13-6-11-14-8-17(2)15-11/h3,7-8,13H,5-6H2,1-2H3. The number of aromatic nitrogens is 4. The fourth-order valence-corrected chi connectivity index (χ4v) is 1.62. The molecule has 0 unspecified atom stereocenters. The normalized spacial score (nSPS) is 10.4. The number of nitrogens with one attached hydrogen (secondary N) is 1. The number of rotatable bonds is 4. The first-order chi connectivity index (χ1) is 8.19. The van der Waals surface area contributed by atoms with E-state index in [2.05, 4.69) is 21.5 Å². The van der Waals surface area contributed by atoms with Gasteiger partial charge in [0.05, 0.1) is 6.54 Å². The van der Waals surface area contributed by atoms with Gasteiger partial charge in [0, 0.05) is 26.8 Å². The molecule has 0 atom stereocenters. The van der Waals surface area contributed by atoms with Gasteiger partial charge in [-0.25, -0.2) is 4.98 Å². The van der Waals surface area contributed by atoms with Crippen LogP contribution in [0, 0.1) is 11.3 Å². The van der Waals surface area contributed by atoms with Crippen LogP contribution in [0.15, 0.2) is 18.6 Å². The van der Waals surface area contributed by atoms with E-state index in [0.717, 1.165) is 11.4 Å². The van der Waals surface area contributed by atoms with Gasteiger partial charge < -0.3 is 9.88 Å². The highest BCUT2D eigenvalue weighted by atomic mass is 15.3. The molecular formula is C11H14N6. The predicted molar refractivity (Wildman–Crippen MR) is 61.7 cm³/mol. The Kier molecular flexibility index (Phi) is 3.21. The molecule has 0 bridgehead atoms. The number of nitrogens with zero attached hydrogens (tertiary/aromatic N) is 5. The van der Waals surface area contributed by atoms with Crippen LogP contribution >= 0.6 is 0 Å². The molecule has 0 aliphatic carbocycles. The fraction of sp³-hybridized carbons (Fsp3) is 0.364. The van der Waals surface area contributed by atoms with Crippen molar-refractivity contribution in [1.82, 2.24) is 24.6 Å². The minimum absolute atomic E-state index is 0.623. The lowest BCUT2D eigenvalue weighted by Crippen LogP contribution is -2.13. The minimum atomic E-state index is 0.623. The summed E-state index contributed by atoms with van der Waals surface area (Å²) in [5, 5.41) is 16.2. The summed E-state index contributed by atoms with van der Waals surface area (Å²) in [5.74, 6) is 0.768. The van der Waals surface area contributed by atoms with Gasteiger partial charge in [0.1, 0.15) is 18.1 Å². The molecule has 0 saturated carbocycles. The van der Waals surface area contributed by atoms with E-state index in [1.165, 1.54) is 0 Å². The Hall–Kier alpha value is -2.13. The topological polar surface area (TPSA) is 71.5 Å². The van der Waals surface area contributed by atoms with E-state index in [0.29, 0.717) is 18.8 Å². The summed E-state index contributed by atoms with van der Waals surface area (Å²) >= 11 is 0. The molecule has 0 amide bonds. The first-order valence-electron chi connectivity index (χ1n) is 5.29. The molecule has 0 saturated heterocycles. The lowest BCUT2D eigenvalue weighted by atomic mass is 10.3. The molecule has 17 heavy (non-hydrogen) atoms. The molecule has 2 aromatic heterocycles. The van der Waals surface area contributed by atoms with Crippen molar-refractivity contribution in [3.8, 4) is 6.07 Å². The van der Waals surface area contributed by atoms with E-state index in [4.69, 9.17) is 5.26 Å². The third-order valence-electron chi connectivity index (χ3n) is 2.44. The Morgan fingerprint density at radius 3 is 2.82 bits per heavy atom. The maximum atomic E-state index is 8.82. The smallest absolute Gasteiger partial charge is 0.164 e. The highest BCUT2D eigenvalue weighted by molar-refractivity contribution is 5.28. The van der Waals surface area contributed by atoms with Gasteiger partial charge >= 0.3 is 0 Å². The summed E-state index contributed by atoms with van der Waals surface area (Å²) in [4.78, 5) is 4.12. The number of hydrogen-bond donors (Lipinski definition) is 1. The van der Waals surface area contributed by atoms with Crippen molar-refractivity contribution in [1.29, 1.82) is 5.26 Å². The zero-order chi connectivity index (χ0) is 12.3. The lowest BCUT2D eigenvalue weighted by Gasteiger charge is -1.98. The van der Waals surface area contributed by atoms with Crippen molar-refractivity contribution in [2.45, 2.75) is 13.1 Å². The van der Waals surface area contributed by atoms with Crippen molar-refractivity contribution >= 4 is 0 Å². The highest BCUT2D eigenvalue weighted by Crippen LogP contribution is 2.05. The molecule has 88 valence electrons. The average Bonchev–Trinajstić information content (AvgIpc) is 2.85. The van der Waals surface area contributed by atoms with Gasteiger partial charge in [-0.15, -0.1) is 0 Å². The summed E-state index contributed by atoms with van der Waals surface area (Å²) < 4.78 is 3.49. The first-order valence-corrected chi connectivity index (χ1v) is 5.29. The van der Waals surface area contributed by atoms with Crippen LogP contribution in [0.1, 0.15) is 17.1 Å². The number of nitriles is 1. The van der Waals surface area contributed by atoms with Crippen molar-refractivity contribution in [2.75, 3.05) is 0 Å². The van der Waals surface area contributed by atoms with Gasteiger partial charge in [0.15, 0.2) is 5.82 Å². The first kappa shape index (κ1) is 11.4. The van der Waals surface area contributed by atoms with Gasteiger partial charge in [-0.3, -0.25) is 4.68 Å². The largest absolute Gasteiger partial charge is 0.342 e. The molecule has 6 heteroatoms. The molecule has 0 radical (unpaired) electrons. The van der Waals surface area contributed by atoms with Gasteiger partial charge in [0.25, 0.3) is 0 Å². The van der Waals surface area contributed by atoms with Crippen molar-refractivity contribution in [2.24, 2.45) is 14.1 Å². The molecular weight excluding hydrogens is 216 g/mol. The highest BCUT2D eigenvalue weighted by Gasteiger charge is 2.02. The van der Waals surface area contributed by atoms with Crippen molar-refractivity contribution in [3.05, 3.63) is 35.7 Å². The summed E-state index contributed by atoms with van der Waals surface area (Å²) in [6.07, 6.45) is 3.62. The van der Waals surface area contributed by atoms with Crippen LogP contribution in [0.4, 0.5) is 0 Å². The molecule has 1 N–H and O–H groups in total. The van der Waals surface area contributed by atoms with Crippen molar-refractivity contribution < 1.29 is 0 Å². The van der Waals surface area contributed by atoms with Crippen LogP contribution in [0.3, 0.4) is 0 Å². The van der Waals surface area contributed by atoms with Crippen LogP contribution in [0.5, 0.6) is 0 Å². The van der Waals surface area contributed by atoms with Crippen LogP contribution in [-0.2, 0) is 27.2 Å². The Morgan fingerprint density at radius 2 is 2.24 bits per heavy atom. The number of aryl methyl sites for hydroxylation is 2. The maximum absolute atomic E-state index is 8.82. The quantitative estimate of drug-likeness (QED) is 0.820. The summed E-state index contributed by atoms with van der Waals surface area (Å²) in [7, 11) is 3.70. The zero-order valence-electron chi connectivity index (χ0n) is 9.88. The van der Waals surface area contributed by atoms with E-state index in [1.54, 1.807) is 11.0 Å². The molecule has 0 aromatic carbocycles. The zero-order valence-corrected chi connectivity index (χ0v) is 9.88. The minimum Gasteiger partial charge on any atom is -0.342 e. The summed E-state index contributed by atoms with van der Waals surface area (Å²) in [6.45, 7) is 1.32. The van der Waals surface area contributed by atoms with Crippen LogP contribution in [0.2, 0.25) is 0 Å². The Balaban J connectivity index is 1.88. The molecule has 6 nitrogen and oxygen atoms in total. The molecule has 2 rings (SSSR count). The summed E-state index contributed by atoms with van der Waals surface area (Å²) in [6, 6.07) is 4.01. The average molecular weight is 230 g/mol. The van der Waals surface area contributed by atoms with Crippen molar-refractivity contribution in [3.63, 3.8) is 0 Å². The maximum Gasteiger partial charge on any atom is 0.164 e. The molecule has 2 heterocycles. The van der Waals surface area contributed by atoms with Crippen LogP contribution in [-0.4, -0.2) is 19.3 Å². The van der Waals surface area contributed by atoms with Crippen LogP contribution < -0.4 is 5.32 Å². The van der Waals surface area contributed by atoms with Crippen LogP contribution in [0.25, 0.3) is 0 Å². The monoisotopic (exact) mass is 230 g/mol. The van der Waals surface area contributed by atoms with E-state index in [-0.39, 0.29) is 0 Å². The fourth-order valence-electron chi connectivity index (χ4n) is 1.62. The SMILES string of the molecule is Cn1cnc(CNCc2cc(C#N)n(C)c2)n1. The Labute approximate surface area is 99.5 Å². The van der Waals surface area contributed by atoms with Gasteiger partial charge in [-0.05, 0) is 11.6 Å². The lowest BCUT2D eigenvalue weighted by molar-refractivity contribution is 0.648. The second kappa shape index (κ2) is 4.80. The van der Waals surface area contributed by atoms with Gasteiger partial charge in [-0.2, -0.15) is 10.4 Å². The third-order valence-corrected chi connectivity index (χ3v) is 2.44.